The molecule has 17 heavy (non-hydrogen) atoms. The lowest BCUT2D eigenvalue weighted by Crippen LogP contribution is -2.28. The van der Waals surface area contributed by atoms with Gasteiger partial charge in [0.05, 0.1) is 0 Å². The third kappa shape index (κ3) is 2.85. The topological polar surface area (TPSA) is 70.9 Å². The smallest absolute Gasteiger partial charge is 0.251 e. The first kappa shape index (κ1) is 11.7. The van der Waals surface area contributed by atoms with E-state index >= 15 is 0 Å². The summed E-state index contributed by atoms with van der Waals surface area (Å²) in [4.78, 5) is 14.9. The molecule has 90 valence electrons. The van der Waals surface area contributed by atoms with Gasteiger partial charge in [-0.2, -0.15) is 0 Å². The molecule has 0 saturated carbocycles. The highest BCUT2D eigenvalue weighted by Gasteiger charge is 2.06. The molecule has 1 amide bonds. The van der Waals surface area contributed by atoms with Gasteiger partial charge in [0.1, 0.15) is 0 Å². The van der Waals surface area contributed by atoms with Crippen molar-refractivity contribution >= 4 is 16.8 Å². The largest absolute Gasteiger partial charge is 0.361 e. The molecule has 4 heteroatoms. The molecule has 0 fully saturated rings. The molecule has 2 rings (SSSR count). The van der Waals surface area contributed by atoms with E-state index in [0.717, 1.165) is 17.3 Å². The monoisotopic (exact) mass is 231 g/mol. The van der Waals surface area contributed by atoms with Crippen LogP contribution < -0.4 is 11.1 Å². The van der Waals surface area contributed by atoms with Gasteiger partial charge < -0.3 is 16.0 Å². The zero-order chi connectivity index (χ0) is 12.3. The summed E-state index contributed by atoms with van der Waals surface area (Å²) in [6, 6.07) is 7.72. The number of rotatable bonds is 4. The van der Waals surface area contributed by atoms with Gasteiger partial charge in [0.15, 0.2) is 0 Å². The van der Waals surface area contributed by atoms with Gasteiger partial charge in [-0.1, -0.05) is 6.07 Å². The molecule has 1 atom stereocenters. The van der Waals surface area contributed by atoms with Crippen LogP contribution in [0.4, 0.5) is 0 Å². The van der Waals surface area contributed by atoms with Gasteiger partial charge in [0.2, 0.25) is 0 Å². The molecule has 2 aromatic rings. The Labute approximate surface area is 100 Å². The van der Waals surface area contributed by atoms with Crippen LogP contribution in [0.5, 0.6) is 0 Å². The molecule has 0 aliphatic rings. The maximum Gasteiger partial charge on any atom is 0.251 e. The molecular weight excluding hydrogens is 214 g/mol. The van der Waals surface area contributed by atoms with Crippen molar-refractivity contribution in [2.45, 2.75) is 19.4 Å². The van der Waals surface area contributed by atoms with Crippen molar-refractivity contribution < 1.29 is 4.79 Å². The van der Waals surface area contributed by atoms with Crippen LogP contribution in [0.3, 0.4) is 0 Å². The number of nitrogens with one attached hydrogen (secondary N) is 2. The van der Waals surface area contributed by atoms with Crippen molar-refractivity contribution in [1.29, 1.82) is 0 Å². The third-order valence-corrected chi connectivity index (χ3v) is 2.70. The molecule has 1 aromatic heterocycles. The third-order valence-electron chi connectivity index (χ3n) is 2.70. The van der Waals surface area contributed by atoms with E-state index in [2.05, 4.69) is 10.3 Å². The standard InChI is InChI=1S/C13H17N3O/c1-9(14)4-6-16-13(17)11-3-2-10-5-7-15-12(10)8-11/h2-3,5,7-9,15H,4,6,14H2,1H3,(H,16,17). The first-order valence-corrected chi connectivity index (χ1v) is 5.78. The van der Waals surface area contributed by atoms with Crippen molar-refractivity contribution in [3.8, 4) is 0 Å². The van der Waals surface area contributed by atoms with Crippen molar-refractivity contribution in [2.75, 3.05) is 6.54 Å². The average Bonchev–Trinajstić information content (AvgIpc) is 2.75. The number of fused-ring (bicyclic) bond motifs is 1. The van der Waals surface area contributed by atoms with Crippen LogP contribution in [-0.4, -0.2) is 23.5 Å². The van der Waals surface area contributed by atoms with E-state index in [1.807, 2.05) is 37.4 Å². The second-order valence-electron chi connectivity index (χ2n) is 4.30. The van der Waals surface area contributed by atoms with Crippen LogP contribution in [0.15, 0.2) is 30.5 Å². The fourth-order valence-corrected chi connectivity index (χ4v) is 1.70. The van der Waals surface area contributed by atoms with E-state index in [1.165, 1.54) is 0 Å². The van der Waals surface area contributed by atoms with Gasteiger partial charge in [-0.15, -0.1) is 0 Å². The molecule has 0 saturated heterocycles. The van der Waals surface area contributed by atoms with Crippen molar-refractivity contribution in [3.05, 3.63) is 36.0 Å². The Morgan fingerprint density at radius 1 is 1.47 bits per heavy atom. The van der Waals surface area contributed by atoms with E-state index in [9.17, 15) is 4.79 Å². The van der Waals surface area contributed by atoms with Gasteiger partial charge in [-0.25, -0.2) is 0 Å². The van der Waals surface area contributed by atoms with E-state index < -0.39 is 0 Å². The number of hydrogen-bond donors (Lipinski definition) is 3. The molecule has 0 bridgehead atoms. The van der Waals surface area contributed by atoms with E-state index in [1.54, 1.807) is 0 Å². The highest BCUT2D eigenvalue weighted by Crippen LogP contribution is 2.13. The second kappa shape index (κ2) is 5.01. The van der Waals surface area contributed by atoms with Crippen LogP contribution in [0.1, 0.15) is 23.7 Å². The summed E-state index contributed by atoms with van der Waals surface area (Å²) in [5.74, 6) is -0.0536. The number of H-pyrrole nitrogens is 1. The fourth-order valence-electron chi connectivity index (χ4n) is 1.70. The Morgan fingerprint density at radius 3 is 3.06 bits per heavy atom. The van der Waals surface area contributed by atoms with Gasteiger partial charge in [-0.3, -0.25) is 4.79 Å². The maximum atomic E-state index is 11.8. The molecular formula is C13H17N3O. The summed E-state index contributed by atoms with van der Waals surface area (Å²) in [5, 5.41) is 3.96. The van der Waals surface area contributed by atoms with Crippen LogP contribution >= 0.6 is 0 Å². The molecule has 0 aliphatic heterocycles. The van der Waals surface area contributed by atoms with Crippen molar-refractivity contribution in [2.24, 2.45) is 5.73 Å². The summed E-state index contributed by atoms with van der Waals surface area (Å²) in [6.07, 6.45) is 2.65. The molecule has 0 aliphatic carbocycles. The van der Waals surface area contributed by atoms with Gasteiger partial charge in [0.25, 0.3) is 5.91 Å². The predicted octanol–water partition coefficient (Wildman–Crippen LogP) is 1.63. The van der Waals surface area contributed by atoms with Crippen LogP contribution in [0.2, 0.25) is 0 Å². The van der Waals surface area contributed by atoms with Crippen LogP contribution in [0.25, 0.3) is 10.9 Å². The Kier molecular flexibility index (Phi) is 3.44. The molecule has 0 radical (unpaired) electrons. The Hall–Kier alpha value is -1.81. The quantitative estimate of drug-likeness (QED) is 0.748. The minimum absolute atomic E-state index is 0.0536. The lowest BCUT2D eigenvalue weighted by atomic mass is 10.1. The molecule has 1 aromatic carbocycles. The highest BCUT2D eigenvalue weighted by atomic mass is 16.1. The van der Waals surface area contributed by atoms with E-state index in [4.69, 9.17) is 5.73 Å². The van der Waals surface area contributed by atoms with Gasteiger partial charge >= 0.3 is 0 Å². The Bertz CT molecular complexity index is 516. The number of benzene rings is 1. The summed E-state index contributed by atoms with van der Waals surface area (Å²) < 4.78 is 0. The number of nitrogens with two attached hydrogens (primary N) is 1. The average molecular weight is 231 g/mol. The fraction of sp³-hybridized carbons (Fsp3) is 0.308. The number of carbonyl (C=O) groups excluding carboxylic acids is 1. The van der Waals surface area contributed by atoms with E-state index in [0.29, 0.717) is 12.1 Å². The Morgan fingerprint density at radius 2 is 2.29 bits per heavy atom. The van der Waals surface area contributed by atoms with Gasteiger partial charge in [0, 0.05) is 29.9 Å². The van der Waals surface area contributed by atoms with Crippen LogP contribution in [-0.2, 0) is 0 Å². The normalized spacial score (nSPS) is 12.6. The summed E-state index contributed by atoms with van der Waals surface area (Å²) in [7, 11) is 0. The molecule has 4 nitrogen and oxygen atoms in total. The maximum absolute atomic E-state index is 11.8. The van der Waals surface area contributed by atoms with Crippen molar-refractivity contribution in [1.82, 2.24) is 10.3 Å². The zero-order valence-corrected chi connectivity index (χ0v) is 9.86. The number of aromatic nitrogens is 1. The predicted molar refractivity (Wildman–Crippen MR) is 68.9 cm³/mol. The Balaban J connectivity index is 2.03. The van der Waals surface area contributed by atoms with E-state index in [-0.39, 0.29) is 11.9 Å². The molecule has 0 spiro atoms. The second-order valence-corrected chi connectivity index (χ2v) is 4.30. The number of hydrogen-bond acceptors (Lipinski definition) is 2. The van der Waals surface area contributed by atoms with Crippen molar-refractivity contribution in [3.63, 3.8) is 0 Å². The summed E-state index contributed by atoms with van der Waals surface area (Å²) in [5.41, 5.74) is 7.27. The zero-order valence-electron chi connectivity index (χ0n) is 9.86. The first-order chi connectivity index (χ1) is 8.16. The number of carbonyl (C=O) groups is 1. The summed E-state index contributed by atoms with van der Waals surface area (Å²) in [6.45, 7) is 2.54. The lowest BCUT2D eigenvalue weighted by Gasteiger charge is -2.07. The van der Waals surface area contributed by atoms with Crippen LogP contribution in [0, 0.1) is 0 Å². The summed E-state index contributed by atoms with van der Waals surface area (Å²) >= 11 is 0. The number of aromatic amines is 1. The molecule has 4 N–H and O–H groups in total. The SMILES string of the molecule is CC(N)CCNC(=O)c1ccc2cc[nH]c2c1. The highest BCUT2D eigenvalue weighted by molar-refractivity contribution is 5.97. The molecule has 1 heterocycles. The minimum atomic E-state index is -0.0536. The minimum Gasteiger partial charge on any atom is -0.361 e. The van der Waals surface area contributed by atoms with Gasteiger partial charge in [-0.05, 0) is 36.9 Å². The first-order valence-electron chi connectivity index (χ1n) is 5.78. The number of amides is 1. The lowest BCUT2D eigenvalue weighted by molar-refractivity contribution is 0.0953. The molecule has 1 unspecified atom stereocenters.